The van der Waals surface area contributed by atoms with Crippen LogP contribution < -0.4 is 5.32 Å². The van der Waals surface area contributed by atoms with Gasteiger partial charge in [0.2, 0.25) is 11.8 Å². The number of likely N-dealkylation sites (N-methyl/N-ethyl adjacent to an activating group) is 1. The lowest BCUT2D eigenvalue weighted by Crippen LogP contribution is -2.39. The molecule has 1 aromatic rings. The first-order valence-electron chi connectivity index (χ1n) is 7.36. The van der Waals surface area contributed by atoms with Gasteiger partial charge in [0, 0.05) is 23.9 Å². The molecule has 1 aromatic carbocycles. The molecule has 0 aliphatic heterocycles. The molecule has 1 saturated carbocycles. The number of rotatable bonds is 7. The molecule has 22 heavy (non-hydrogen) atoms. The molecule has 1 atom stereocenters. The molecule has 1 N–H and O–H groups in total. The molecule has 1 fully saturated rings. The summed E-state index contributed by atoms with van der Waals surface area (Å²) in [7, 11) is 1.61. The summed E-state index contributed by atoms with van der Waals surface area (Å²) in [5, 5.41) is 2.74. The van der Waals surface area contributed by atoms with E-state index in [9.17, 15) is 14.0 Å². The fraction of sp³-hybridized carbons (Fsp3) is 0.500. The molecule has 0 aromatic heterocycles. The van der Waals surface area contributed by atoms with Crippen molar-refractivity contribution in [1.82, 2.24) is 10.2 Å². The van der Waals surface area contributed by atoms with Crippen LogP contribution >= 0.6 is 11.8 Å². The Hall–Kier alpha value is -1.56. The van der Waals surface area contributed by atoms with Crippen molar-refractivity contribution in [2.75, 3.05) is 19.3 Å². The molecule has 1 aliphatic carbocycles. The number of carbonyl (C=O) groups is 2. The van der Waals surface area contributed by atoms with Gasteiger partial charge in [0.15, 0.2) is 0 Å². The Balaban J connectivity index is 1.76. The van der Waals surface area contributed by atoms with E-state index in [1.165, 1.54) is 22.7 Å². The van der Waals surface area contributed by atoms with E-state index in [0.717, 1.165) is 12.8 Å². The van der Waals surface area contributed by atoms with Gasteiger partial charge in [0.05, 0.1) is 12.3 Å². The Morgan fingerprint density at radius 3 is 2.73 bits per heavy atom. The maximum atomic E-state index is 13.7. The minimum Gasteiger partial charge on any atom is -0.352 e. The van der Waals surface area contributed by atoms with Gasteiger partial charge in [0.25, 0.3) is 0 Å². The monoisotopic (exact) mass is 324 g/mol. The summed E-state index contributed by atoms with van der Waals surface area (Å²) in [6.45, 7) is 1.94. The van der Waals surface area contributed by atoms with Gasteiger partial charge in [-0.05, 0) is 25.8 Å². The van der Waals surface area contributed by atoms with Gasteiger partial charge >= 0.3 is 0 Å². The van der Waals surface area contributed by atoms with Crippen molar-refractivity contribution in [2.45, 2.75) is 31.1 Å². The van der Waals surface area contributed by atoms with Crippen molar-refractivity contribution in [1.29, 1.82) is 0 Å². The number of nitrogens with zero attached hydrogens (tertiary/aromatic N) is 1. The summed E-state index contributed by atoms with van der Waals surface area (Å²) in [5.41, 5.74) is 0.592. The smallest absolute Gasteiger partial charge is 0.239 e. The largest absolute Gasteiger partial charge is 0.352 e. The second kappa shape index (κ2) is 7.63. The summed E-state index contributed by atoms with van der Waals surface area (Å²) >= 11 is 1.37. The maximum absolute atomic E-state index is 13.7. The number of amides is 2. The number of nitrogens with one attached hydrogen (secondary N) is 1. The maximum Gasteiger partial charge on any atom is 0.239 e. The zero-order valence-corrected chi connectivity index (χ0v) is 13.7. The summed E-state index contributed by atoms with van der Waals surface area (Å²) in [5.74, 6) is -0.278. The first-order valence-corrected chi connectivity index (χ1v) is 8.41. The molecule has 0 radical (unpaired) electrons. The number of hydrogen-bond acceptors (Lipinski definition) is 3. The number of thioether (sulfide) groups is 1. The fourth-order valence-corrected chi connectivity index (χ4v) is 2.99. The third-order valence-electron chi connectivity index (χ3n) is 3.55. The van der Waals surface area contributed by atoms with Crippen LogP contribution in [0, 0.1) is 5.82 Å². The van der Waals surface area contributed by atoms with E-state index in [1.54, 1.807) is 25.2 Å². The van der Waals surface area contributed by atoms with E-state index in [1.807, 2.05) is 6.92 Å². The summed E-state index contributed by atoms with van der Waals surface area (Å²) < 4.78 is 13.7. The highest BCUT2D eigenvalue weighted by Crippen LogP contribution is 2.29. The molecular weight excluding hydrogens is 303 g/mol. The van der Waals surface area contributed by atoms with Crippen LogP contribution in [0.4, 0.5) is 4.39 Å². The Bertz CT molecular complexity index is 549. The quantitative estimate of drug-likeness (QED) is 0.838. The first-order chi connectivity index (χ1) is 10.5. The van der Waals surface area contributed by atoms with Crippen molar-refractivity contribution in [3.63, 3.8) is 0 Å². The van der Waals surface area contributed by atoms with Crippen LogP contribution in [0.1, 0.15) is 30.6 Å². The van der Waals surface area contributed by atoms with Crippen LogP contribution in [0.5, 0.6) is 0 Å². The van der Waals surface area contributed by atoms with Crippen molar-refractivity contribution in [2.24, 2.45) is 0 Å². The minimum absolute atomic E-state index is 0.0734. The third-order valence-corrected chi connectivity index (χ3v) is 4.72. The van der Waals surface area contributed by atoms with Crippen molar-refractivity contribution >= 4 is 23.6 Å². The molecule has 0 saturated heterocycles. The standard InChI is InChI=1S/C16H21FN2O2S/c1-11(13-5-3-4-6-14(13)17)22-10-16(21)19(2)9-15(20)18-12-7-8-12/h3-6,11-12H,7-10H2,1-2H3,(H,18,20)/t11-/m1/s1. The molecule has 0 heterocycles. The van der Waals surface area contributed by atoms with Crippen LogP contribution in [-0.2, 0) is 9.59 Å². The summed E-state index contributed by atoms with van der Waals surface area (Å²) in [6.07, 6.45) is 2.05. The molecule has 0 bridgehead atoms. The molecule has 0 spiro atoms. The highest BCUT2D eigenvalue weighted by Gasteiger charge is 2.24. The lowest BCUT2D eigenvalue weighted by atomic mass is 10.1. The van der Waals surface area contributed by atoms with Gasteiger partial charge in [-0.15, -0.1) is 11.8 Å². The third kappa shape index (κ3) is 5.02. The number of hydrogen-bond donors (Lipinski definition) is 1. The topological polar surface area (TPSA) is 49.4 Å². The van der Waals surface area contributed by atoms with Gasteiger partial charge in [-0.2, -0.15) is 0 Å². The summed E-state index contributed by atoms with van der Waals surface area (Å²) in [6, 6.07) is 6.87. The van der Waals surface area contributed by atoms with Crippen molar-refractivity contribution < 1.29 is 14.0 Å². The molecule has 6 heteroatoms. The van der Waals surface area contributed by atoms with E-state index >= 15 is 0 Å². The SMILES string of the molecule is C[C@@H](SCC(=O)N(C)CC(=O)NC1CC1)c1ccccc1F. The predicted molar refractivity (Wildman–Crippen MR) is 86.1 cm³/mol. The normalized spacial score (nSPS) is 15.2. The molecule has 120 valence electrons. The lowest BCUT2D eigenvalue weighted by molar-refractivity contribution is -0.132. The van der Waals surface area contributed by atoms with Gasteiger partial charge in [-0.3, -0.25) is 9.59 Å². The van der Waals surface area contributed by atoms with Crippen LogP contribution in [0.25, 0.3) is 0 Å². The Labute approximate surface area is 134 Å². The lowest BCUT2D eigenvalue weighted by Gasteiger charge is -2.18. The highest BCUT2D eigenvalue weighted by molar-refractivity contribution is 8.00. The molecular formula is C16H21FN2O2S. The average molecular weight is 324 g/mol. The predicted octanol–water partition coefficient (Wildman–Crippen LogP) is 2.36. The zero-order valence-electron chi connectivity index (χ0n) is 12.8. The number of benzene rings is 1. The Morgan fingerprint density at radius 2 is 2.09 bits per heavy atom. The van der Waals surface area contributed by atoms with Gasteiger partial charge in [0.1, 0.15) is 5.82 Å². The molecule has 0 unspecified atom stereocenters. The van der Waals surface area contributed by atoms with E-state index in [2.05, 4.69) is 5.32 Å². The Kier molecular flexibility index (Phi) is 5.83. The molecule has 1 aliphatic rings. The van der Waals surface area contributed by atoms with E-state index in [4.69, 9.17) is 0 Å². The second-order valence-corrected chi connectivity index (χ2v) is 6.90. The van der Waals surface area contributed by atoms with Gasteiger partial charge in [-0.1, -0.05) is 18.2 Å². The number of halogens is 1. The van der Waals surface area contributed by atoms with Crippen LogP contribution in [0.15, 0.2) is 24.3 Å². The average Bonchev–Trinajstić information content (AvgIpc) is 3.28. The van der Waals surface area contributed by atoms with Crippen LogP contribution in [0.3, 0.4) is 0 Å². The minimum atomic E-state index is -0.257. The van der Waals surface area contributed by atoms with E-state index in [0.29, 0.717) is 11.6 Å². The first kappa shape index (κ1) is 16.8. The molecule has 2 amide bonds. The second-order valence-electron chi connectivity index (χ2n) is 5.57. The van der Waals surface area contributed by atoms with Gasteiger partial charge in [-0.25, -0.2) is 4.39 Å². The Morgan fingerprint density at radius 1 is 1.41 bits per heavy atom. The van der Waals surface area contributed by atoms with E-state index in [-0.39, 0.29) is 35.2 Å². The van der Waals surface area contributed by atoms with Crippen LogP contribution in [-0.4, -0.2) is 42.1 Å². The summed E-state index contributed by atoms with van der Waals surface area (Å²) in [4.78, 5) is 25.1. The zero-order chi connectivity index (χ0) is 16.1. The van der Waals surface area contributed by atoms with Crippen LogP contribution in [0.2, 0.25) is 0 Å². The van der Waals surface area contributed by atoms with Crippen molar-refractivity contribution in [3.05, 3.63) is 35.6 Å². The number of carbonyl (C=O) groups excluding carboxylic acids is 2. The fourth-order valence-electron chi connectivity index (χ4n) is 2.01. The van der Waals surface area contributed by atoms with E-state index < -0.39 is 0 Å². The highest BCUT2D eigenvalue weighted by atomic mass is 32.2. The van der Waals surface area contributed by atoms with Crippen molar-refractivity contribution in [3.8, 4) is 0 Å². The van der Waals surface area contributed by atoms with Gasteiger partial charge < -0.3 is 10.2 Å². The molecule has 2 rings (SSSR count). The molecule has 4 nitrogen and oxygen atoms in total.